The average molecular weight is 250 g/mol. The lowest BCUT2D eigenvalue weighted by molar-refractivity contribution is -0.0401. The summed E-state index contributed by atoms with van der Waals surface area (Å²) < 4.78 is 0. The summed E-state index contributed by atoms with van der Waals surface area (Å²) in [7, 11) is 0. The van der Waals surface area contributed by atoms with Crippen molar-refractivity contribution in [3.63, 3.8) is 0 Å². The molecule has 0 spiro atoms. The normalized spacial score (nSPS) is 50.2. The van der Waals surface area contributed by atoms with Crippen molar-refractivity contribution in [1.29, 1.82) is 0 Å². The molecule has 1 aliphatic carbocycles. The molecular weight excluding hydrogens is 220 g/mol. The molecule has 1 saturated carbocycles. The number of hydrogen-bond donors (Lipinski definition) is 1. The second kappa shape index (κ2) is 5.13. The van der Waals surface area contributed by atoms with E-state index in [-0.39, 0.29) is 0 Å². The third kappa shape index (κ3) is 2.34. The number of nitrogens with zero attached hydrogens (tertiary/aromatic N) is 1. The van der Waals surface area contributed by atoms with Crippen LogP contribution in [0, 0.1) is 11.8 Å². The fraction of sp³-hybridized carbons (Fsp3) is 1.00. The maximum atomic E-state index is 6.25. The van der Waals surface area contributed by atoms with Crippen LogP contribution in [0.15, 0.2) is 0 Å². The minimum absolute atomic E-state index is 0.481. The van der Waals surface area contributed by atoms with Crippen LogP contribution in [0.25, 0.3) is 0 Å². The molecule has 2 aliphatic heterocycles. The lowest BCUT2D eigenvalue weighted by atomic mass is 9.74. The summed E-state index contributed by atoms with van der Waals surface area (Å²) in [6.45, 7) is 4.92. The van der Waals surface area contributed by atoms with Crippen molar-refractivity contribution in [3.8, 4) is 0 Å². The van der Waals surface area contributed by atoms with Crippen LogP contribution in [0.5, 0.6) is 0 Å². The topological polar surface area (TPSA) is 29.3 Å². The van der Waals surface area contributed by atoms with E-state index in [4.69, 9.17) is 5.73 Å². The first-order chi connectivity index (χ1) is 8.65. The van der Waals surface area contributed by atoms with Gasteiger partial charge in [-0.05, 0) is 56.8 Å². The van der Waals surface area contributed by atoms with Gasteiger partial charge in [0.25, 0.3) is 0 Å². The van der Waals surface area contributed by atoms with Crippen molar-refractivity contribution in [1.82, 2.24) is 4.90 Å². The molecule has 2 saturated heterocycles. The molecule has 18 heavy (non-hydrogen) atoms. The van der Waals surface area contributed by atoms with E-state index in [1.54, 1.807) is 0 Å². The van der Waals surface area contributed by atoms with E-state index in [1.165, 1.54) is 51.4 Å². The zero-order valence-electron chi connectivity index (χ0n) is 12.1. The molecule has 0 radical (unpaired) electrons. The van der Waals surface area contributed by atoms with Gasteiger partial charge in [-0.2, -0.15) is 0 Å². The van der Waals surface area contributed by atoms with E-state index in [0.717, 1.165) is 30.0 Å². The third-order valence-electron chi connectivity index (χ3n) is 5.84. The number of hydrogen-bond acceptors (Lipinski definition) is 2. The first-order valence-corrected chi connectivity index (χ1v) is 8.18. The lowest BCUT2D eigenvalue weighted by Crippen LogP contribution is -2.60. The highest BCUT2D eigenvalue weighted by molar-refractivity contribution is 4.99. The number of piperidine rings is 2. The second-order valence-corrected chi connectivity index (χ2v) is 7.38. The van der Waals surface area contributed by atoms with Crippen LogP contribution in [-0.2, 0) is 0 Å². The standard InChI is InChI=1S/C16H30N2/c1-11-6-7-16(12(2)8-11)18-14-4-3-5-15(18)10-13(17)9-14/h11-16H,3-10,17H2,1-2H3. The fourth-order valence-corrected chi connectivity index (χ4v) is 5.09. The van der Waals surface area contributed by atoms with E-state index in [0.29, 0.717) is 6.04 Å². The molecule has 3 rings (SSSR count). The lowest BCUT2D eigenvalue weighted by Gasteiger charge is -2.54. The molecule has 0 amide bonds. The molecule has 0 aromatic carbocycles. The van der Waals surface area contributed by atoms with Crippen LogP contribution >= 0.6 is 0 Å². The summed E-state index contributed by atoms with van der Waals surface area (Å²) >= 11 is 0. The highest BCUT2D eigenvalue weighted by atomic mass is 15.2. The van der Waals surface area contributed by atoms with Gasteiger partial charge in [0.1, 0.15) is 0 Å². The summed E-state index contributed by atoms with van der Waals surface area (Å²) in [5.41, 5.74) is 6.25. The summed E-state index contributed by atoms with van der Waals surface area (Å²) in [5, 5.41) is 0. The maximum absolute atomic E-state index is 6.25. The molecule has 3 aliphatic rings. The second-order valence-electron chi connectivity index (χ2n) is 7.38. The molecule has 0 aromatic heterocycles. The largest absolute Gasteiger partial charge is 0.328 e. The van der Waals surface area contributed by atoms with Gasteiger partial charge in [-0.1, -0.05) is 20.3 Å². The monoisotopic (exact) mass is 250 g/mol. The molecule has 5 atom stereocenters. The van der Waals surface area contributed by atoms with Gasteiger partial charge in [-0.3, -0.25) is 4.90 Å². The Morgan fingerprint density at radius 2 is 1.56 bits per heavy atom. The van der Waals surface area contributed by atoms with Crippen molar-refractivity contribution >= 4 is 0 Å². The van der Waals surface area contributed by atoms with Gasteiger partial charge in [0.15, 0.2) is 0 Å². The maximum Gasteiger partial charge on any atom is 0.0127 e. The van der Waals surface area contributed by atoms with Gasteiger partial charge in [-0.25, -0.2) is 0 Å². The molecule has 3 fully saturated rings. The Kier molecular flexibility index (Phi) is 3.68. The first kappa shape index (κ1) is 12.9. The molecule has 2 heteroatoms. The smallest absolute Gasteiger partial charge is 0.0127 e. The molecule has 0 aromatic rings. The van der Waals surface area contributed by atoms with E-state index < -0.39 is 0 Å². The Morgan fingerprint density at radius 1 is 0.889 bits per heavy atom. The van der Waals surface area contributed by atoms with E-state index in [2.05, 4.69) is 18.7 Å². The minimum Gasteiger partial charge on any atom is -0.328 e. The average Bonchev–Trinajstić information content (AvgIpc) is 2.28. The Labute approximate surface area is 112 Å². The first-order valence-electron chi connectivity index (χ1n) is 8.18. The molecule has 2 N–H and O–H groups in total. The molecule has 2 bridgehead atoms. The predicted molar refractivity (Wildman–Crippen MR) is 76.4 cm³/mol. The number of nitrogens with two attached hydrogens (primary N) is 1. The summed E-state index contributed by atoms with van der Waals surface area (Å²) in [6, 6.07) is 2.97. The van der Waals surface area contributed by atoms with Crippen LogP contribution in [0.4, 0.5) is 0 Å². The highest BCUT2D eigenvalue weighted by Gasteiger charge is 2.43. The molecule has 5 unspecified atom stereocenters. The van der Waals surface area contributed by atoms with Crippen LogP contribution in [0.2, 0.25) is 0 Å². The molecule has 2 heterocycles. The van der Waals surface area contributed by atoms with Crippen molar-refractivity contribution in [2.24, 2.45) is 17.6 Å². The Morgan fingerprint density at radius 3 is 2.17 bits per heavy atom. The quantitative estimate of drug-likeness (QED) is 0.774. The van der Waals surface area contributed by atoms with Gasteiger partial charge >= 0.3 is 0 Å². The Hall–Kier alpha value is -0.0800. The zero-order valence-corrected chi connectivity index (χ0v) is 12.1. The van der Waals surface area contributed by atoms with Crippen molar-refractivity contribution in [3.05, 3.63) is 0 Å². The summed E-state index contributed by atoms with van der Waals surface area (Å²) in [5.74, 6) is 1.84. The van der Waals surface area contributed by atoms with Crippen molar-refractivity contribution in [2.75, 3.05) is 0 Å². The van der Waals surface area contributed by atoms with E-state index in [9.17, 15) is 0 Å². The van der Waals surface area contributed by atoms with Gasteiger partial charge in [0, 0.05) is 24.2 Å². The molecular formula is C16H30N2. The fourth-order valence-electron chi connectivity index (χ4n) is 5.09. The van der Waals surface area contributed by atoms with Gasteiger partial charge in [-0.15, -0.1) is 0 Å². The Bertz CT molecular complexity index is 277. The van der Waals surface area contributed by atoms with Crippen LogP contribution in [0.3, 0.4) is 0 Å². The number of rotatable bonds is 1. The zero-order chi connectivity index (χ0) is 12.7. The van der Waals surface area contributed by atoms with Crippen molar-refractivity contribution in [2.45, 2.75) is 89.4 Å². The SMILES string of the molecule is CC1CCC(N2C3CCCC2CC(N)C3)C(C)C1. The van der Waals surface area contributed by atoms with Gasteiger partial charge in [0.2, 0.25) is 0 Å². The third-order valence-corrected chi connectivity index (χ3v) is 5.84. The minimum atomic E-state index is 0.481. The van der Waals surface area contributed by atoms with E-state index >= 15 is 0 Å². The molecule has 2 nitrogen and oxygen atoms in total. The van der Waals surface area contributed by atoms with Gasteiger partial charge in [0.05, 0.1) is 0 Å². The van der Waals surface area contributed by atoms with Crippen molar-refractivity contribution < 1.29 is 0 Å². The van der Waals surface area contributed by atoms with Crippen LogP contribution in [-0.4, -0.2) is 29.1 Å². The summed E-state index contributed by atoms with van der Waals surface area (Å²) in [4.78, 5) is 2.93. The highest BCUT2D eigenvalue weighted by Crippen LogP contribution is 2.41. The van der Waals surface area contributed by atoms with Crippen LogP contribution in [0.1, 0.15) is 65.2 Å². The van der Waals surface area contributed by atoms with Gasteiger partial charge < -0.3 is 5.73 Å². The summed E-state index contributed by atoms with van der Waals surface area (Å²) in [6.07, 6.45) is 11.1. The van der Waals surface area contributed by atoms with E-state index in [1.807, 2.05) is 0 Å². The number of fused-ring (bicyclic) bond motifs is 2. The van der Waals surface area contributed by atoms with Crippen LogP contribution < -0.4 is 5.73 Å². The molecule has 104 valence electrons. The Balaban J connectivity index is 1.74. The predicted octanol–water partition coefficient (Wildman–Crippen LogP) is 3.16.